The number of unbranched alkanes of at least 4 members (excludes halogenated alkanes) is 9. The number of rotatable bonds is 9. The van der Waals surface area contributed by atoms with Crippen LogP contribution < -0.4 is 0 Å². The zero-order chi connectivity index (χ0) is 13.5. The smallest absolute Gasteiger partial charge is 0.577 e. The molecule has 114 valence electrons. The maximum atomic E-state index is 8.32. The van der Waals surface area contributed by atoms with E-state index in [4.69, 9.17) is 5.11 Å². The van der Waals surface area contributed by atoms with Crippen LogP contribution in [0.25, 0.3) is 0 Å². The number of aromatic hydroxyl groups is 1. The third-order valence-electron chi connectivity index (χ3n) is 2.79. The van der Waals surface area contributed by atoms with E-state index >= 15 is 0 Å². The van der Waals surface area contributed by atoms with E-state index in [0.29, 0.717) is 0 Å². The Morgan fingerprint density at radius 3 is 1.95 bits per heavy atom. The van der Waals surface area contributed by atoms with Crippen LogP contribution in [-0.4, -0.2) is 15.3 Å². The number of nitrogens with zero attached hydrogens (tertiary/aromatic N) is 1. The largest absolute Gasteiger partial charge is 2.00 e. The second kappa shape index (κ2) is 17.5. The SMILES string of the molecule is Oc1c[c-]n[nH]1.[CH2-]CCCCCCCCCCC.[Ni+2]. The summed E-state index contributed by atoms with van der Waals surface area (Å²) < 4.78 is 0. The topological polar surface area (TPSA) is 48.9 Å². The molecule has 19 heavy (non-hydrogen) atoms. The normalized spacial score (nSPS) is 9.37. The molecule has 0 saturated heterocycles. The molecule has 0 aliphatic heterocycles. The van der Waals surface area contributed by atoms with Crippen molar-refractivity contribution in [3.8, 4) is 5.88 Å². The molecule has 3 nitrogen and oxygen atoms in total. The van der Waals surface area contributed by atoms with Crippen LogP contribution >= 0.6 is 0 Å². The standard InChI is InChI=1S/C12H25.C3H3N2O.Ni/c1-3-5-7-9-11-12-10-8-6-4-2;6-3-1-2-4-5-3;/h1,3-12H2,2H3;1H,(H2,4,5,6);/q2*-1;+2. The first-order valence-corrected chi connectivity index (χ1v) is 7.21. The van der Waals surface area contributed by atoms with E-state index in [1.807, 2.05) is 0 Å². The van der Waals surface area contributed by atoms with E-state index in [0.717, 1.165) is 6.42 Å². The summed E-state index contributed by atoms with van der Waals surface area (Å²) in [7, 11) is 0. The van der Waals surface area contributed by atoms with Crippen molar-refractivity contribution in [3.05, 3.63) is 19.2 Å². The molecule has 1 heterocycles. The van der Waals surface area contributed by atoms with Crippen LogP contribution in [0, 0.1) is 13.1 Å². The Kier molecular flexibility index (Phi) is 19.2. The summed E-state index contributed by atoms with van der Waals surface area (Å²) in [5.41, 5.74) is 0. The quantitative estimate of drug-likeness (QED) is 0.396. The summed E-state index contributed by atoms with van der Waals surface area (Å²) in [6.07, 6.45) is 16.3. The summed E-state index contributed by atoms with van der Waals surface area (Å²) in [6, 6.07) is 1.35. The number of aromatic nitrogens is 2. The van der Waals surface area contributed by atoms with Crippen molar-refractivity contribution in [2.24, 2.45) is 0 Å². The molecule has 4 heteroatoms. The van der Waals surface area contributed by atoms with Crippen LogP contribution in [0.5, 0.6) is 5.88 Å². The van der Waals surface area contributed by atoms with Crippen molar-refractivity contribution >= 4 is 0 Å². The Bertz CT molecular complexity index is 230. The van der Waals surface area contributed by atoms with E-state index in [1.54, 1.807) is 0 Å². The van der Waals surface area contributed by atoms with E-state index in [9.17, 15) is 0 Å². The maximum absolute atomic E-state index is 8.32. The monoisotopic (exact) mass is 310 g/mol. The van der Waals surface area contributed by atoms with Crippen molar-refractivity contribution in [1.29, 1.82) is 0 Å². The minimum absolute atomic E-state index is 0. The van der Waals surface area contributed by atoms with Gasteiger partial charge in [0.2, 0.25) is 0 Å². The van der Waals surface area contributed by atoms with Gasteiger partial charge in [-0.2, -0.15) is 12.5 Å². The van der Waals surface area contributed by atoms with Gasteiger partial charge in [-0.1, -0.05) is 64.7 Å². The van der Waals surface area contributed by atoms with Gasteiger partial charge in [0, 0.05) is 5.88 Å². The molecule has 0 radical (unpaired) electrons. The summed E-state index contributed by atoms with van der Waals surface area (Å²) >= 11 is 0. The first-order chi connectivity index (χ1) is 8.81. The minimum atomic E-state index is 0. The van der Waals surface area contributed by atoms with Gasteiger partial charge in [-0.3, -0.25) is 0 Å². The van der Waals surface area contributed by atoms with Gasteiger partial charge in [0.25, 0.3) is 0 Å². The number of hydrogen-bond acceptors (Lipinski definition) is 2. The Hall–Kier alpha value is -0.496. The molecule has 1 aromatic heterocycles. The molecule has 0 amide bonds. The Morgan fingerprint density at radius 1 is 1.11 bits per heavy atom. The number of nitrogens with one attached hydrogen (secondary N) is 1. The van der Waals surface area contributed by atoms with Crippen LogP contribution in [0.4, 0.5) is 0 Å². The average Bonchev–Trinajstić information content (AvgIpc) is 2.85. The van der Waals surface area contributed by atoms with Gasteiger partial charge in [-0.15, -0.1) is 6.20 Å². The number of hydrogen-bond donors (Lipinski definition) is 2. The third-order valence-corrected chi connectivity index (χ3v) is 2.79. The maximum Gasteiger partial charge on any atom is 2.00 e. The molecule has 2 N–H and O–H groups in total. The average molecular weight is 311 g/mol. The molecule has 0 spiro atoms. The van der Waals surface area contributed by atoms with Gasteiger partial charge in [-0.05, 0) is 0 Å². The first-order valence-electron chi connectivity index (χ1n) is 7.21. The van der Waals surface area contributed by atoms with Crippen LogP contribution in [0.15, 0.2) is 6.07 Å². The molecule has 0 atom stereocenters. The first kappa shape index (κ1) is 20.8. The number of aromatic amines is 1. The van der Waals surface area contributed by atoms with Crippen LogP contribution in [0.2, 0.25) is 0 Å². The fraction of sp³-hybridized carbons (Fsp3) is 0.733. The molecule has 0 aliphatic carbocycles. The summed E-state index contributed by atoms with van der Waals surface area (Å²) in [4.78, 5) is 0. The number of H-pyrrole nitrogens is 1. The van der Waals surface area contributed by atoms with Crippen molar-refractivity contribution in [2.75, 3.05) is 0 Å². The van der Waals surface area contributed by atoms with E-state index < -0.39 is 0 Å². The molecule has 0 fully saturated rings. The van der Waals surface area contributed by atoms with Gasteiger partial charge >= 0.3 is 16.5 Å². The molecular weight excluding hydrogens is 283 g/mol. The second-order valence-electron chi connectivity index (χ2n) is 4.56. The molecule has 0 aliphatic rings. The summed E-state index contributed by atoms with van der Waals surface area (Å²) in [6.45, 7) is 6.12. The fourth-order valence-electron chi connectivity index (χ4n) is 1.70. The fourth-order valence-corrected chi connectivity index (χ4v) is 1.70. The van der Waals surface area contributed by atoms with Gasteiger partial charge in [0.1, 0.15) is 0 Å². The van der Waals surface area contributed by atoms with E-state index in [1.165, 1.54) is 63.9 Å². The molecule has 1 aromatic rings. The van der Waals surface area contributed by atoms with Crippen molar-refractivity contribution in [3.63, 3.8) is 0 Å². The molecule has 0 aromatic carbocycles. The van der Waals surface area contributed by atoms with E-state index in [2.05, 4.69) is 30.2 Å². The third kappa shape index (κ3) is 17.5. The van der Waals surface area contributed by atoms with Gasteiger partial charge in [0.05, 0.1) is 0 Å². The van der Waals surface area contributed by atoms with Crippen LogP contribution in [0.1, 0.15) is 71.1 Å². The Balaban J connectivity index is 0. The summed E-state index contributed by atoms with van der Waals surface area (Å²) in [5, 5.41) is 13.9. The molecule has 0 unspecified atom stereocenters. The van der Waals surface area contributed by atoms with Crippen molar-refractivity contribution in [1.82, 2.24) is 10.2 Å². The van der Waals surface area contributed by atoms with Crippen LogP contribution in [-0.2, 0) is 16.5 Å². The molecule has 0 saturated carbocycles. The van der Waals surface area contributed by atoms with Gasteiger partial charge in [0.15, 0.2) is 0 Å². The van der Waals surface area contributed by atoms with E-state index in [-0.39, 0.29) is 22.4 Å². The molecular formula is C15H28N2NiO. The summed E-state index contributed by atoms with van der Waals surface area (Å²) in [5.74, 6) is 0.0509. The Morgan fingerprint density at radius 2 is 1.63 bits per heavy atom. The zero-order valence-electron chi connectivity index (χ0n) is 12.1. The Labute approximate surface area is 128 Å². The second-order valence-corrected chi connectivity index (χ2v) is 4.56. The minimum Gasteiger partial charge on any atom is -0.577 e. The van der Waals surface area contributed by atoms with Crippen LogP contribution in [0.3, 0.4) is 0 Å². The predicted molar refractivity (Wildman–Crippen MR) is 76.3 cm³/mol. The predicted octanol–water partition coefficient (Wildman–Crippen LogP) is 4.65. The van der Waals surface area contributed by atoms with Crippen molar-refractivity contribution < 1.29 is 21.6 Å². The van der Waals surface area contributed by atoms with Gasteiger partial charge in [-0.25, -0.2) is 0 Å². The molecule has 0 bridgehead atoms. The van der Waals surface area contributed by atoms with Crippen molar-refractivity contribution in [2.45, 2.75) is 71.1 Å². The zero-order valence-corrected chi connectivity index (χ0v) is 13.1. The molecule has 1 rings (SSSR count). The van der Waals surface area contributed by atoms with Gasteiger partial charge < -0.3 is 22.2 Å².